The van der Waals surface area contributed by atoms with Crippen molar-refractivity contribution in [2.45, 2.75) is 65.8 Å². The summed E-state index contributed by atoms with van der Waals surface area (Å²) in [5.41, 5.74) is 7.04. The van der Waals surface area contributed by atoms with Crippen LogP contribution in [0.3, 0.4) is 0 Å². The molecule has 2 unspecified atom stereocenters. The topological polar surface area (TPSA) is 263 Å². The molecule has 1 amide bonds. The zero-order valence-electron chi connectivity index (χ0n) is 35.5. The first kappa shape index (κ1) is 42.1. The van der Waals surface area contributed by atoms with E-state index in [2.05, 4.69) is 63.7 Å². The van der Waals surface area contributed by atoms with Crippen LogP contribution in [-0.2, 0) is 27.2 Å². The van der Waals surface area contributed by atoms with Crippen LogP contribution in [0.5, 0.6) is 11.8 Å². The monoisotopic (exact) mass is 862 g/mol. The molecule has 23 heteroatoms. The van der Waals surface area contributed by atoms with Crippen molar-refractivity contribution in [3.8, 4) is 34.5 Å². The third kappa shape index (κ3) is 8.54. The summed E-state index contributed by atoms with van der Waals surface area (Å²) in [5, 5.41) is 20.3. The second-order valence-corrected chi connectivity index (χ2v) is 14.7. The minimum absolute atomic E-state index is 0.0648. The summed E-state index contributed by atoms with van der Waals surface area (Å²) in [6.07, 6.45) is 13.0. The molecule has 0 aliphatic carbocycles. The van der Waals surface area contributed by atoms with Gasteiger partial charge in [-0.1, -0.05) is 0 Å². The molecule has 0 aromatic carbocycles. The van der Waals surface area contributed by atoms with Crippen LogP contribution in [0.1, 0.15) is 59.1 Å². The van der Waals surface area contributed by atoms with Crippen LogP contribution in [0.15, 0.2) is 59.2 Å². The van der Waals surface area contributed by atoms with Crippen LogP contribution in [0.4, 0.5) is 0 Å². The maximum atomic E-state index is 12.5. The number of aromatic nitrogens is 14. The number of carbonyl (C=O) groups is 2. The molecular formula is C40H46N16O7. The van der Waals surface area contributed by atoms with Gasteiger partial charge in [0.25, 0.3) is 5.91 Å². The smallest absolute Gasteiger partial charge is 0.357 e. The number of hydrogen-bond acceptors (Lipinski definition) is 17. The minimum atomic E-state index is -1.07. The predicted octanol–water partition coefficient (Wildman–Crippen LogP) is 3.51. The highest BCUT2D eigenvalue weighted by atomic mass is 16.5. The van der Waals surface area contributed by atoms with Crippen molar-refractivity contribution in [2.75, 3.05) is 26.2 Å². The van der Waals surface area contributed by atoms with E-state index >= 15 is 0 Å². The van der Waals surface area contributed by atoms with Crippen molar-refractivity contribution >= 4 is 34.2 Å². The van der Waals surface area contributed by atoms with Gasteiger partial charge in [0.05, 0.1) is 30.1 Å². The van der Waals surface area contributed by atoms with E-state index in [0.717, 1.165) is 85.1 Å². The molecule has 2 N–H and O–H groups in total. The summed E-state index contributed by atoms with van der Waals surface area (Å²) in [6, 6.07) is 0. The first-order chi connectivity index (χ1) is 30.6. The maximum Gasteiger partial charge on any atom is 0.357 e. The van der Waals surface area contributed by atoms with Gasteiger partial charge in [0, 0.05) is 58.1 Å². The number of ether oxygens (including phenoxy) is 2. The van der Waals surface area contributed by atoms with E-state index in [9.17, 15) is 9.59 Å². The van der Waals surface area contributed by atoms with Crippen LogP contribution in [0, 0.1) is 13.8 Å². The zero-order chi connectivity index (χ0) is 44.2. The van der Waals surface area contributed by atoms with Crippen molar-refractivity contribution in [3.63, 3.8) is 0 Å². The van der Waals surface area contributed by atoms with Gasteiger partial charge in [-0.3, -0.25) is 14.2 Å². The zero-order valence-corrected chi connectivity index (χ0v) is 35.5. The Labute approximate surface area is 359 Å². The maximum absolute atomic E-state index is 12.5. The van der Waals surface area contributed by atoms with Crippen LogP contribution < -0.4 is 14.8 Å². The largest absolute Gasteiger partial charge is 0.476 e. The number of carboxylic acid groups (broad SMARTS) is 1. The first-order valence-corrected chi connectivity index (χ1v) is 20.3. The molecular weight excluding hydrogens is 817 g/mol. The van der Waals surface area contributed by atoms with Gasteiger partial charge in [0.2, 0.25) is 11.8 Å². The molecule has 2 saturated heterocycles. The Kier molecular flexibility index (Phi) is 12.2. The number of amides is 1. The van der Waals surface area contributed by atoms with Gasteiger partial charge in [0.15, 0.2) is 46.5 Å². The lowest BCUT2D eigenvalue weighted by atomic mass is 10.2. The fraction of sp³-hybridized carbons (Fsp3) is 0.400. The summed E-state index contributed by atoms with van der Waals surface area (Å²) in [7, 11) is 3.87. The normalized spacial score (nSPS) is 15.9. The number of aromatic carboxylic acids is 1. The number of imidazole rings is 2. The third-order valence-corrected chi connectivity index (χ3v) is 10.8. The first-order valence-electron chi connectivity index (χ1n) is 20.3. The van der Waals surface area contributed by atoms with Gasteiger partial charge >= 0.3 is 5.97 Å². The number of carbonyl (C=O) groups excluding carboxylic acids is 1. The van der Waals surface area contributed by atoms with Gasteiger partial charge in [-0.15, -0.1) is 0 Å². The van der Waals surface area contributed by atoms with Crippen molar-refractivity contribution < 1.29 is 33.0 Å². The standard InChI is InChI=1S/C20H22N8O3.C16H21N7O.C4H3NO3/c1-4-28-12(2)14(7-24-28)17-25-16-18(26(17)3)21-10-22-19(16)31-13-5-6-27(8-13)20(29)15-9-30-11-23-15;1-4-23-10(2)12(8-20-23)14-21-13-15(22(14)3)18-9-19-16(13)24-11-5-6-17-7-11;6-4(7)3-1-8-2-5-3/h7,9-11,13H,4-6,8H2,1-3H3;8-9,11,17H,4-7H2,1-3H3;1-2H,(H,6,7). The fourth-order valence-corrected chi connectivity index (χ4v) is 7.43. The molecule has 0 radical (unpaired) electrons. The molecule has 10 heterocycles. The summed E-state index contributed by atoms with van der Waals surface area (Å²) < 4.78 is 29.3. The lowest BCUT2D eigenvalue weighted by molar-refractivity contribution is 0.0689. The van der Waals surface area contributed by atoms with Crippen LogP contribution in [-0.4, -0.2) is 129 Å². The SMILES string of the molecule is CCn1ncc(-c2nc3c(OC4CCN(C(=O)c5cocn5)C4)ncnc3n2C)c1C.CCn1ncc(-c2nc3c(OC4CCNC4)ncnc3n2C)c1C.O=C(O)c1cocn1. The van der Waals surface area contributed by atoms with Gasteiger partial charge < -0.3 is 42.8 Å². The van der Waals surface area contributed by atoms with Crippen molar-refractivity contribution in [2.24, 2.45) is 14.1 Å². The molecule has 23 nitrogen and oxygen atoms in total. The number of fused-ring (bicyclic) bond motifs is 2. The molecule has 328 valence electrons. The van der Waals surface area contributed by atoms with E-state index in [1.165, 1.54) is 25.3 Å². The molecule has 10 rings (SSSR count). The Hall–Kier alpha value is -7.56. The summed E-state index contributed by atoms with van der Waals surface area (Å²) in [5.74, 6) is 1.31. The average Bonchev–Trinajstić information content (AvgIpc) is 4.14. The van der Waals surface area contributed by atoms with E-state index in [4.69, 9.17) is 29.0 Å². The van der Waals surface area contributed by atoms with Gasteiger partial charge in [-0.05, 0) is 40.7 Å². The highest BCUT2D eigenvalue weighted by Crippen LogP contribution is 2.31. The highest BCUT2D eigenvalue weighted by molar-refractivity contribution is 5.92. The molecule has 2 atom stereocenters. The predicted molar refractivity (Wildman–Crippen MR) is 223 cm³/mol. The lowest BCUT2D eigenvalue weighted by Crippen LogP contribution is -2.31. The number of hydrogen-bond donors (Lipinski definition) is 2. The highest BCUT2D eigenvalue weighted by Gasteiger charge is 2.31. The van der Waals surface area contributed by atoms with E-state index in [-0.39, 0.29) is 23.8 Å². The van der Waals surface area contributed by atoms with E-state index in [1.807, 2.05) is 58.8 Å². The molecule has 8 aromatic rings. The van der Waals surface area contributed by atoms with Crippen molar-refractivity contribution in [3.05, 3.63) is 73.1 Å². The summed E-state index contributed by atoms with van der Waals surface area (Å²) in [6.45, 7) is 12.7. The Morgan fingerprint density at radius 1 is 0.762 bits per heavy atom. The molecule has 2 aliphatic heterocycles. The number of oxazole rings is 2. The third-order valence-electron chi connectivity index (χ3n) is 10.8. The second kappa shape index (κ2) is 18.2. The summed E-state index contributed by atoms with van der Waals surface area (Å²) >= 11 is 0. The van der Waals surface area contributed by atoms with Crippen molar-refractivity contribution in [1.29, 1.82) is 0 Å². The number of nitrogens with one attached hydrogen (secondary N) is 1. The molecule has 63 heavy (non-hydrogen) atoms. The average molecular weight is 863 g/mol. The molecule has 2 fully saturated rings. The Morgan fingerprint density at radius 2 is 1.30 bits per heavy atom. The Balaban J connectivity index is 0.000000150. The lowest BCUT2D eigenvalue weighted by Gasteiger charge is -2.15. The van der Waals surface area contributed by atoms with Crippen LogP contribution in [0.25, 0.3) is 45.1 Å². The molecule has 2 aliphatic rings. The van der Waals surface area contributed by atoms with Crippen molar-refractivity contribution in [1.82, 2.24) is 78.8 Å². The van der Waals surface area contributed by atoms with Gasteiger partial charge in [-0.2, -0.15) is 20.2 Å². The van der Waals surface area contributed by atoms with Gasteiger partial charge in [-0.25, -0.2) is 34.7 Å². The molecule has 0 bridgehead atoms. The molecule has 0 saturated carbocycles. The second-order valence-electron chi connectivity index (χ2n) is 14.7. The Morgan fingerprint density at radius 3 is 1.75 bits per heavy atom. The summed E-state index contributed by atoms with van der Waals surface area (Å²) in [4.78, 5) is 58.4. The van der Waals surface area contributed by atoms with Crippen LogP contribution >= 0.6 is 0 Å². The van der Waals surface area contributed by atoms with Crippen LogP contribution in [0.2, 0.25) is 0 Å². The number of nitrogens with zero attached hydrogens (tertiary/aromatic N) is 15. The minimum Gasteiger partial charge on any atom is -0.476 e. The fourth-order valence-electron chi connectivity index (χ4n) is 7.43. The number of carboxylic acids is 1. The number of likely N-dealkylation sites (tertiary alicyclic amines) is 1. The van der Waals surface area contributed by atoms with Gasteiger partial charge in [0.1, 0.15) is 49.0 Å². The molecule has 8 aromatic heterocycles. The number of aryl methyl sites for hydroxylation is 4. The van der Waals surface area contributed by atoms with E-state index in [0.29, 0.717) is 53.6 Å². The van der Waals surface area contributed by atoms with E-state index in [1.54, 1.807) is 4.90 Å². The Bertz CT molecular complexity index is 2840. The number of rotatable bonds is 10. The quantitative estimate of drug-likeness (QED) is 0.199. The van der Waals surface area contributed by atoms with E-state index < -0.39 is 5.97 Å². The molecule has 0 spiro atoms.